The zero-order valence-corrected chi connectivity index (χ0v) is 28.3. The molecule has 0 N–H and O–H groups in total. The van der Waals surface area contributed by atoms with Crippen molar-refractivity contribution in [3.8, 4) is 27.9 Å². The summed E-state index contributed by atoms with van der Waals surface area (Å²) >= 11 is 1.87. The number of rotatable bonds is 3. The van der Waals surface area contributed by atoms with Crippen LogP contribution < -0.4 is 0 Å². The number of hydrogen-bond donors (Lipinski definition) is 0. The van der Waals surface area contributed by atoms with Crippen LogP contribution in [-0.4, -0.2) is 4.57 Å². The van der Waals surface area contributed by atoms with Crippen molar-refractivity contribution >= 4 is 53.3 Å². The van der Waals surface area contributed by atoms with Crippen LogP contribution >= 0.6 is 11.3 Å². The second kappa shape index (κ2) is 10.4. The first kappa shape index (κ1) is 28.8. The Hall–Kier alpha value is -4.66. The first-order valence-corrected chi connectivity index (χ1v) is 17.1. The molecule has 1 nitrogen and oxygen atoms in total. The number of hydrogen-bond acceptors (Lipinski definition) is 1. The minimum Gasteiger partial charge on any atom is -0.309 e. The molecule has 0 aliphatic carbocycles. The molecular weight excluding hydrogens is 575 g/mol. The third kappa shape index (κ3) is 4.84. The number of thiophene rings is 1. The van der Waals surface area contributed by atoms with Crippen LogP contribution in [0.1, 0.15) is 52.7 Å². The standard InChI is InChI=1S/C44H39NS/c1-43(2,3)32-18-22-39-36(26-32)37-27-33(44(4,5)6)19-23-40(37)45(39)34-20-15-29(16-21-34)28-11-13-30(14-12-28)31-17-24-42-38(25-31)35-9-7-8-10-41(35)46-42/h7-27H,1-6H3. The molecule has 8 aromatic rings. The van der Waals surface area contributed by atoms with Gasteiger partial charge in [-0.3, -0.25) is 0 Å². The molecular formula is C44H39NS. The summed E-state index contributed by atoms with van der Waals surface area (Å²) in [4.78, 5) is 0. The van der Waals surface area contributed by atoms with Crippen molar-refractivity contribution in [2.75, 3.05) is 0 Å². The molecule has 2 heteroatoms. The van der Waals surface area contributed by atoms with Crippen molar-refractivity contribution in [2.45, 2.75) is 52.4 Å². The summed E-state index contributed by atoms with van der Waals surface area (Å²) in [6, 6.07) is 47.7. The fourth-order valence-corrected chi connectivity index (χ4v) is 7.88. The van der Waals surface area contributed by atoms with Gasteiger partial charge in [-0.2, -0.15) is 0 Å². The molecule has 0 bridgehead atoms. The molecule has 2 aromatic heterocycles. The second-order valence-corrected chi connectivity index (χ2v) is 15.8. The molecule has 0 aliphatic heterocycles. The van der Waals surface area contributed by atoms with E-state index in [-0.39, 0.29) is 10.8 Å². The number of fused-ring (bicyclic) bond motifs is 6. The fraction of sp³-hybridized carbons (Fsp3) is 0.182. The largest absolute Gasteiger partial charge is 0.309 e. The Kier molecular flexibility index (Phi) is 6.53. The molecule has 8 rings (SSSR count). The molecule has 0 atom stereocenters. The van der Waals surface area contributed by atoms with E-state index in [1.54, 1.807) is 0 Å². The number of benzene rings is 6. The van der Waals surface area contributed by atoms with Crippen molar-refractivity contribution in [1.82, 2.24) is 4.57 Å². The van der Waals surface area contributed by atoms with Gasteiger partial charge >= 0.3 is 0 Å². The van der Waals surface area contributed by atoms with Gasteiger partial charge in [0.05, 0.1) is 11.0 Å². The van der Waals surface area contributed by atoms with Crippen LogP contribution in [0.4, 0.5) is 0 Å². The highest BCUT2D eigenvalue weighted by Gasteiger charge is 2.21. The minimum atomic E-state index is 0.0898. The molecule has 0 aliphatic rings. The molecule has 0 unspecified atom stereocenters. The summed E-state index contributed by atoms with van der Waals surface area (Å²) in [6.45, 7) is 13.8. The Morgan fingerprint density at radius 2 is 0.891 bits per heavy atom. The van der Waals surface area contributed by atoms with Crippen LogP contribution in [0.5, 0.6) is 0 Å². The smallest absolute Gasteiger partial charge is 0.0541 e. The maximum Gasteiger partial charge on any atom is 0.0541 e. The Balaban J connectivity index is 1.16. The van der Waals surface area contributed by atoms with E-state index in [9.17, 15) is 0 Å². The lowest BCUT2D eigenvalue weighted by molar-refractivity contribution is 0.590. The third-order valence-corrected chi connectivity index (χ3v) is 10.7. The van der Waals surface area contributed by atoms with Gasteiger partial charge in [-0.25, -0.2) is 0 Å². The summed E-state index contributed by atoms with van der Waals surface area (Å²) in [5.74, 6) is 0. The Labute approximate surface area is 275 Å². The van der Waals surface area contributed by atoms with E-state index in [1.807, 2.05) is 11.3 Å². The monoisotopic (exact) mass is 613 g/mol. The van der Waals surface area contributed by atoms with Crippen molar-refractivity contribution in [3.63, 3.8) is 0 Å². The molecule has 2 heterocycles. The van der Waals surface area contributed by atoms with Gasteiger partial charge in [-0.15, -0.1) is 11.3 Å². The molecule has 6 aromatic carbocycles. The molecule has 0 spiro atoms. The minimum absolute atomic E-state index is 0.0898. The van der Waals surface area contributed by atoms with E-state index < -0.39 is 0 Å². The Bertz CT molecular complexity index is 2330. The topological polar surface area (TPSA) is 4.93 Å². The van der Waals surface area contributed by atoms with E-state index in [1.165, 1.54) is 81.0 Å². The summed E-state index contributed by atoms with van der Waals surface area (Å²) in [5.41, 5.74) is 11.5. The predicted octanol–water partition coefficient (Wildman–Crippen LogP) is 13.1. The number of aromatic nitrogens is 1. The molecule has 0 fully saturated rings. The van der Waals surface area contributed by atoms with Gasteiger partial charge < -0.3 is 4.57 Å². The summed E-state index contributed by atoms with van der Waals surface area (Å²) in [6.07, 6.45) is 0. The summed E-state index contributed by atoms with van der Waals surface area (Å²) in [5, 5.41) is 5.32. The summed E-state index contributed by atoms with van der Waals surface area (Å²) in [7, 11) is 0. The zero-order chi connectivity index (χ0) is 31.8. The van der Waals surface area contributed by atoms with Crippen LogP contribution in [0, 0.1) is 0 Å². The van der Waals surface area contributed by atoms with Gasteiger partial charge in [0.15, 0.2) is 0 Å². The average Bonchev–Trinajstić information content (AvgIpc) is 3.59. The second-order valence-electron chi connectivity index (χ2n) is 14.7. The first-order valence-electron chi connectivity index (χ1n) is 16.3. The van der Waals surface area contributed by atoms with Gasteiger partial charge in [-0.1, -0.05) is 114 Å². The van der Waals surface area contributed by atoms with E-state index in [0.717, 1.165) is 0 Å². The fourth-order valence-electron chi connectivity index (χ4n) is 6.80. The molecule has 0 saturated heterocycles. The highest BCUT2D eigenvalue weighted by Crippen LogP contribution is 2.39. The van der Waals surface area contributed by atoms with Crippen molar-refractivity contribution < 1.29 is 0 Å². The lowest BCUT2D eigenvalue weighted by Gasteiger charge is -2.19. The van der Waals surface area contributed by atoms with E-state index in [4.69, 9.17) is 0 Å². The van der Waals surface area contributed by atoms with Gasteiger partial charge in [0, 0.05) is 36.6 Å². The first-order chi connectivity index (χ1) is 22.0. The molecule has 0 saturated carbocycles. The molecule has 0 radical (unpaired) electrons. The van der Waals surface area contributed by atoms with Crippen molar-refractivity contribution in [3.05, 3.63) is 139 Å². The lowest BCUT2D eigenvalue weighted by atomic mass is 9.85. The van der Waals surface area contributed by atoms with Crippen LogP contribution in [0.3, 0.4) is 0 Å². The molecule has 226 valence electrons. The predicted molar refractivity (Wildman–Crippen MR) is 202 cm³/mol. The maximum atomic E-state index is 2.43. The summed E-state index contributed by atoms with van der Waals surface area (Å²) < 4.78 is 5.12. The van der Waals surface area contributed by atoms with E-state index in [2.05, 4.69) is 174 Å². The lowest BCUT2D eigenvalue weighted by Crippen LogP contribution is -2.10. The van der Waals surface area contributed by atoms with Gasteiger partial charge in [0.1, 0.15) is 0 Å². The van der Waals surface area contributed by atoms with Crippen LogP contribution in [0.2, 0.25) is 0 Å². The maximum absolute atomic E-state index is 2.43. The highest BCUT2D eigenvalue weighted by molar-refractivity contribution is 7.25. The highest BCUT2D eigenvalue weighted by atomic mass is 32.1. The quantitative estimate of drug-likeness (QED) is 0.187. The van der Waals surface area contributed by atoms with Crippen LogP contribution in [-0.2, 0) is 10.8 Å². The Morgan fingerprint density at radius 1 is 0.413 bits per heavy atom. The third-order valence-electron chi connectivity index (χ3n) is 9.55. The SMILES string of the molecule is CC(C)(C)c1ccc2c(c1)c1cc(C(C)(C)C)ccc1n2-c1ccc(-c2ccc(-c3ccc4sc5ccccc5c4c3)cc2)cc1. The van der Waals surface area contributed by atoms with Crippen LogP contribution in [0.25, 0.3) is 69.9 Å². The number of nitrogens with zero attached hydrogens (tertiary/aromatic N) is 1. The van der Waals surface area contributed by atoms with Gasteiger partial charge in [-0.05, 0) is 98.8 Å². The molecule has 46 heavy (non-hydrogen) atoms. The zero-order valence-electron chi connectivity index (χ0n) is 27.5. The Morgan fingerprint density at radius 3 is 1.46 bits per heavy atom. The van der Waals surface area contributed by atoms with E-state index >= 15 is 0 Å². The van der Waals surface area contributed by atoms with Crippen molar-refractivity contribution in [1.29, 1.82) is 0 Å². The van der Waals surface area contributed by atoms with Crippen molar-refractivity contribution in [2.24, 2.45) is 0 Å². The van der Waals surface area contributed by atoms with Crippen LogP contribution in [0.15, 0.2) is 127 Å². The van der Waals surface area contributed by atoms with Gasteiger partial charge in [0.2, 0.25) is 0 Å². The average molecular weight is 614 g/mol. The van der Waals surface area contributed by atoms with Gasteiger partial charge in [0.25, 0.3) is 0 Å². The molecule has 0 amide bonds. The normalized spacial score (nSPS) is 12.6. The van der Waals surface area contributed by atoms with E-state index in [0.29, 0.717) is 0 Å².